The Hall–Kier alpha value is -4.62. The van der Waals surface area contributed by atoms with Crippen LogP contribution in [0.4, 0.5) is 16.2 Å². The first kappa shape index (κ1) is 28.9. The molecule has 222 valence electrons. The minimum absolute atomic E-state index is 0.0809. The van der Waals surface area contributed by atoms with E-state index in [2.05, 4.69) is 10.2 Å². The monoisotopic (exact) mass is 579 g/mol. The number of benzene rings is 2. The van der Waals surface area contributed by atoms with Gasteiger partial charge in [0.1, 0.15) is 12.3 Å². The molecule has 3 heterocycles. The van der Waals surface area contributed by atoms with Crippen LogP contribution in [0.25, 0.3) is 0 Å². The van der Waals surface area contributed by atoms with Crippen molar-refractivity contribution in [1.82, 2.24) is 14.7 Å². The second-order valence-corrected chi connectivity index (χ2v) is 9.98. The van der Waals surface area contributed by atoms with Gasteiger partial charge >= 0.3 is 6.03 Å². The molecule has 1 saturated heterocycles. The number of hydrogen-bond acceptors (Lipinski definition) is 9. The van der Waals surface area contributed by atoms with Crippen molar-refractivity contribution in [2.45, 2.75) is 19.5 Å². The lowest BCUT2D eigenvalue weighted by molar-refractivity contribution is -0.384. The third kappa shape index (κ3) is 7.77. The summed E-state index contributed by atoms with van der Waals surface area (Å²) in [4.78, 5) is 43.0. The third-order valence-electron chi connectivity index (χ3n) is 7.04. The first-order valence-electron chi connectivity index (χ1n) is 13.7. The molecule has 0 unspecified atom stereocenters. The van der Waals surface area contributed by atoms with Crippen LogP contribution in [0.2, 0.25) is 0 Å². The number of carbonyl (C=O) groups excluding carboxylic acids is 2. The van der Waals surface area contributed by atoms with Gasteiger partial charge in [-0.05, 0) is 48.4 Å². The molecule has 1 fully saturated rings. The molecule has 0 radical (unpaired) electrons. The number of fused-ring (bicyclic) bond motifs is 1. The van der Waals surface area contributed by atoms with Crippen molar-refractivity contribution < 1.29 is 33.1 Å². The second-order valence-electron chi connectivity index (χ2n) is 9.98. The number of nitrogens with one attached hydrogen (secondary N) is 1. The fourth-order valence-electron chi connectivity index (χ4n) is 4.78. The van der Waals surface area contributed by atoms with Crippen LogP contribution >= 0.6 is 0 Å². The summed E-state index contributed by atoms with van der Waals surface area (Å²) in [6.45, 7) is 4.53. The maximum atomic E-state index is 13.8. The van der Waals surface area contributed by atoms with Gasteiger partial charge in [-0.2, -0.15) is 0 Å². The summed E-state index contributed by atoms with van der Waals surface area (Å²) >= 11 is 0. The van der Waals surface area contributed by atoms with Crippen LogP contribution in [0.1, 0.15) is 17.7 Å². The summed E-state index contributed by atoms with van der Waals surface area (Å²) in [5, 5.41) is 13.8. The highest BCUT2D eigenvalue weighted by Gasteiger charge is 2.24. The molecule has 2 aliphatic rings. The number of morpholine rings is 1. The van der Waals surface area contributed by atoms with Crippen molar-refractivity contribution in [2.24, 2.45) is 0 Å². The highest BCUT2D eigenvalue weighted by Crippen LogP contribution is 2.33. The van der Waals surface area contributed by atoms with E-state index < -0.39 is 11.0 Å². The van der Waals surface area contributed by atoms with Crippen molar-refractivity contribution in [1.29, 1.82) is 0 Å². The number of carbonyl (C=O) groups is 2. The summed E-state index contributed by atoms with van der Waals surface area (Å²) in [6.07, 6.45) is 2.20. The molecular weight excluding hydrogens is 546 g/mol. The molecule has 0 aliphatic carbocycles. The maximum absolute atomic E-state index is 13.8. The number of hydrogen-bond donors (Lipinski definition) is 1. The molecule has 3 aromatic rings. The van der Waals surface area contributed by atoms with E-state index in [-0.39, 0.29) is 38.0 Å². The molecule has 42 heavy (non-hydrogen) atoms. The lowest BCUT2D eigenvalue weighted by Crippen LogP contribution is -2.45. The summed E-state index contributed by atoms with van der Waals surface area (Å²) in [5.74, 6) is 1.61. The van der Waals surface area contributed by atoms with Gasteiger partial charge in [-0.25, -0.2) is 4.79 Å². The third-order valence-corrected chi connectivity index (χ3v) is 7.04. The van der Waals surface area contributed by atoms with Crippen molar-refractivity contribution in [2.75, 3.05) is 58.0 Å². The van der Waals surface area contributed by atoms with Gasteiger partial charge in [-0.15, -0.1) is 0 Å². The second kappa shape index (κ2) is 13.8. The van der Waals surface area contributed by atoms with Crippen LogP contribution in [0.3, 0.4) is 0 Å². The molecular formula is C29H33N5O8. The number of anilines is 1. The number of urea groups is 1. The molecule has 1 N–H and O–H groups in total. The van der Waals surface area contributed by atoms with Gasteiger partial charge in [-0.3, -0.25) is 19.8 Å². The minimum Gasteiger partial charge on any atom is -0.467 e. The Morgan fingerprint density at radius 3 is 2.50 bits per heavy atom. The largest absolute Gasteiger partial charge is 0.467 e. The van der Waals surface area contributed by atoms with Gasteiger partial charge in [0.25, 0.3) is 5.69 Å². The summed E-state index contributed by atoms with van der Waals surface area (Å²) in [7, 11) is 0. The number of rotatable bonds is 12. The average molecular weight is 580 g/mol. The molecule has 0 bridgehead atoms. The predicted molar refractivity (Wildman–Crippen MR) is 151 cm³/mol. The number of nitro benzene ring substituents is 1. The Morgan fingerprint density at radius 2 is 1.76 bits per heavy atom. The number of amides is 3. The smallest absolute Gasteiger partial charge is 0.322 e. The lowest BCUT2D eigenvalue weighted by Gasteiger charge is -2.30. The molecule has 1 aromatic heterocycles. The Balaban J connectivity index is 1.29. The van der Waals surface area contributed by atoms with Gasteiger partial charge in [0.05, 0.1) is 30.9 Å². The van der Waals surface area contributed by atoms with Crippen molar-refractivity contribution >= 4 is 23.3 Å². The van der Waals surface area contributed by atoms with Gasteiger partial charge in [0, 0.05) is 50.5 Å². The van der Waals surface area contributed by atoms with Crippen LogP contribution in [0, 0.1) is 10.1 Å². The molecule has 3 amide bonds. The van der Waals surface area contributed by atoms with Crippen LogP contribution < -0.4 is 14.8 Å². The summed E-state index contributed by atoms with van der Waals surface area (Å²) < 4.78 is 21.8. The minimum atomic E-state index is -0.504. The molecule has 5 rings (SSSR count). The van der Waals surface area contributed by atoms with Gasteiger partial charge < -0.3 is 33.7 Å². The average Bonchev–Trinajstić information content (AvgIpc) is 3.69. The number of ether oxygens (including phenoxy) is 3. The lowest BCUT2D eigenvalue weighted by atomic mass is 10.2. The first-order chi connectivity index (χ1) is 20.4. The zero-order valence-corrected chi connectivity index (χ0v) is 23.1. The normalized spacial score (nSPS) is 14.4. The highest BCUT2D eigenvalue weighted by atomic mass is 16.7. The van der Waals surface area contributed by atoms with E-state index in [0.29, 0.717) is 49.1 Å². The van der Waals surface area contributed by atoms with E-state index in [1.165, 1.54) is 29.2 Å². The fourth-order valence-corrected chi connectivity index (χ4v) is 4.78. The molecule has 13 heteroatoms. The molecule has 2 aliphatic heterocycles. The Bertz CT molecular complexity index is 1360. The van der Waals surface area contributed by atoms with Gasteiger partial charge in [0.15, 0.2) is 11.5 Å². The van der Waals surface area contributed by atoms with Crippen LogP contribution in [-0.2, 0) is 22.6 Å². The van der Waals surface area contributed by atoms with Crippen LogP contribution in [-0.4, -0.2) is 84.3 Å². The summed E-state index contributed by atoms with van der Waals surface area (Å²) in [5.41, 5.74) is 1.15. The van der Waals surface area contributed by atoms with Gasteiger partial charge in [0.2, 0.25) is 12.7 Å². The van der Waals surface area contributed by atoms with Crippen LogP contribution in [0.15, 0.2) is 65.3 Å². The molecule has 13 nitrogen and oxygen atoms in total. The summed E-state index contributed by atoms with van der Waals surface area (Å²) in [6, 6.07) is 14.2. The zero-order chi connectivity index (χ0) is 29.3. The number of furan rings is 1. The Kier molecular flexibility index (Phi) is 9.51. The highest BCUT2D eigenvalue weighted by molar-refractivity contribution is 5.92. The van der Waals surface area contributed by atoms with E-state index in [4.69, 9.17) is 18.6 Å². The van der Waals surface area contributed by atoms with Gasteiger partial charge in [-0.1, -0.05) is 6.07 Å². The molecule has 2 aromatic carbocycles. The molecule has 0 spiro atoms. The van der Waals surface area contributed by atoms with Crippen molar-refractivity contribution in [3.05, 3.63) is 82.3 Å². The quantitative estimate of drug-likeness (QED) is 0.251. The molecule has 0 atom stereocenters. The van der Waals surface area contributed by atoms with E-state index in [1.54, 1.807) is 23.3 Å². The van der Waals surface area contributed by atoms with Crippen molar-refractivity contribution in [3.63, 3.8) is 0 Å². The molecule has 0 saturated carbocycles. The van der Waals surface area contributed by atoms with Crippen molar-refractivity contribution in [3.8, 4) is 11.5 Å². The Morgan fingerprint density at radius 1 is 0.976 bits per heavy atom. The van der Waals surface area contributed by atoms with Crippen LogP contribution in [0.5, 0.6) is 11.5 Å². The van der Waals surface area contributed by atoms with E-state index >= 15 is 0 Å². The topological polar surface area (TPSA) is 140 Å². The number of non-ortho nitro benzene ring substituents is 1. The SMILES string of the molecule is O=C(CN(CCCN1CCOCC1)C(=O)Nc1ccc([N+](=O)[O-])cc1)N(Cc1ccc2c(c1)OCO2)Cc1ccco1. The van der Waals surface area contributed by atoms with E-state index in [0.717, 1.165) is 25.2 Å². The van der Waals surface area contributed by atoms with E-state index in [1.807, 2.05) is 18.2 Å². The fraction of sp³-hybridized carbons (Fsp3) is 0.379. The number of nitro groups is 1. The maximum Gasteiger partial charge on any atom is 0.322 e. The number of nitrogens with zero attached hydrogens (tertiary/aromatic N) is 4. The first-order valence-corrected chi connectivity index (χ1v) is 13.7. The Labute approximate surface area is 242 Å². The van der Waals surface area contributed by atoms with E-state index in [9.17, 15) is 19.7 Å². The zero-order valence-electron chi connectivity index (χ0n) is 23.1. The standard InChI is InChI=1S/C29H33N5O8/c35-28(33(19-25-3-1-14-40-25)18-22-4-9-26-27(17-22)42-21-41-26)20-32(11-2-10-31-12-15-39-16-13-31)29(36)30-23-5-7-24(8-6-23)34(37)38/h1,3-9,14,17H,2,10-13,15-16,18-21H2,(H,30,36). The predicted octanol–water partition coefficient (Wildman–Crippen LogP) is 3.70.